The molecule has 2 aromatic heterocycles. The summed E-state index contributed by atoms with van der Waals surface area (Å²) in [7, 11) is 2.25. The van der Waals surface area contributed by atoms with Crippen LogP contribution < -0.4 is 5.76 Å². The molecule has 5 rings (SSSR count). The maximum Gasteiger partial charge on any atom is 0.416 e. The van der Waals surface area contributed by atoms with E-state index in [9.17, 15) is 4.79 Å². The van der Waals surface area contributed by atoms with Crippen molar-refractivity contribution in [2.75, 3.05) is 33.2 Å². The van der Waals surface area contributed by atoms with Crippen molar-refractivity contribution in [3.63, 3.8) is 0 Å². The van der Waals surface area contributed by atoms with Crippen molar-refractivity contribution in [2.24, 2.45) is 5.92 Å². The fourth-order valence-corrected chi connectivity index (χ4v) is 5.26. The summed E-state index contributed by atoms with van der Waals surface area (Å²) in [5, 5.41) is 1.27. The number of H-pyrrole nitrogens is 2. The second kappa shape index (κ2) is 10.0. The van der Waals surface area contributed by atoms with Crippen molar-refractivity contribution in [3.8, 4) is 0 Å². The van der Waals surface area contributed by atoms with Gasteiger partial charge in [-0.3, -0.25) is 9.88 Å². The Morgan fingerprint density at radius 1 is 1.21 bits per heavy atom. The Kier molecular flexibility index (Phi) is 6.70. The first-order valence-electron chi connectivity index (χ1n) is 12.3. The molecular formula is C28H34N4O2. The fraction of sp³-hybridized carbons (Fsp3) is 0.393. The van der Waals surface area contributed by atoms with Crippen LogP contribution in [0.5, 0.6) is 0 Å². The summed E-state index contributed by atoms with van der Waals surface area (Å²) in [6.07, 6.45) is 6.63. The maximum absolute atomic E-state index is 11.3. The molecule has 0 aliphatic carbocycles. The van der Waals surface area contributed by atoms with Crippen LogP contribution in [0.25, 0.3) is 10.9 Å². The monoisotopic (exact) mass is 458 g/mol. The third-order valence-electron chi connectivity index (χ3n) is 7.35. The van der Waals surface area contributed by atoms with Gasteiger partial charge in [-0.15, -0.1) is 0 Å². The van der Waals surface area contributed by atoms with Gasteiger partial charge in [-0.2, -0.15) is 0 Å². The molecule has 0 saturated carbocycles. The van der Waals surface area contributed by atoms with E-state index in [1.54, 1.807) is 0 Å². The summed E-state index contributed by atoms with van der Waals surface area (Å²) in [4.78, 5) is 22.5. The molecule has 2 atom stereocenters. The number of nitrogens with zero attached hydrogens (tertiary/aromatic N) is 2. The van der Waals surface area contributed by atoms with Gasteiger partial charge in [0.1, 0.15) is 6.26 Å². The predicted octanol–water partition coefficient (Wildman–Crippen LogP) is 4.60. The van der Waals surface area contributed by atoms with E-state index in [1.807, 2.05) is 0 Å². The van der Waals surface area contributed by atoms with Gasteiger partial charge in [0, 0.05) is 49.2 Å². The minimum Gasteiger partial charge on any atom is -0.416 e. The van der Waals surface area contributed by atoms with Crippen LogP contribution in [-0.2, 0) is 12.8 Å². The molecule has 1 aliphatic rings. The third-order valence-corrected chi connectivity index (χ3v) is 7.35. The minimum absolute atomic E-state index is 0.400. The number of aromatic amines is 2. The smallest absolute Gasteiger partial charge is 0.416 e. The second-order valence-electron chi connectivity index (χ2n) is 9.78. The highest BCUT2D eigenvalue weighted by Gasteiger charge is 2.25. The Labute approximate surface area is 200 Å². The molecule has 0 radical (unpaired) electrons. The van der Waals surface area contributed by atoms with E-state index in [0.29, 0.717) is 12.5 Å². The van der Waals surface area contributed by atoms with Gasteiger partial charge in [-0.1, -0.05) is 36.4 Å². The molecular weight excluding hydrogens is 424 g/mol. The summed E-state index contributed by atoms with van der Waals surface area (Å²) in [5.74, 6) is 0.325. The van der Waals surface area contributed by atoms with Gasteiger partial charge in [0.05, 0.1) is 5.69 Å². The van der Waals surface area contributed by atoms with Crippen LogP contribution >= 0.6 is 0 Å². The van der Waals surface area contributed by atoms with Crippen LogP contribution in [0.1, 0.15) is 41.8 Å². The number of likely N-dealkylation sites (tertiary alicyclic amines) is 1. The van der Waals surface area contributed by atoms with Crippen molar-refractivity contribution < 1.29 is 4.42 Å². The van der Waals surface area contributed by atoms with Crippen LogP contribution in [0.4, 0.5) is 0 Å². The molecule has 1 saturated heterocycles. The van der Waals surface area contributed by atoms with Crippen molar-refractivity contribution in [1.29, 1.82) is 0 Å². The molecule has 6 heteroatoms. The molecule has 34 heavy (non-hydrogen) atoms. The van der Waals surface area contributed by atoms with Gasteiger partial charge in [0.15, 0.2) is 0 Å². The summed E-state index contributed by atoms with van der Waals surface area (Å²) < 4.78 is 4.87. The van der Waals surface area contributed by atoms with E-state index < -0.39 is 5.76 Å². The van der Waals surface area contributed by atoms with Crippen molar-refractivity contribution in [1.82, 2.24) is 19.8 Å². The molecule has 0 amide bonds. The zero-order valence-electron chi connectivity index (χ0n) is 20.1. The summed E-state index contributed by atoms with van der Waals surface area (Å²) in [6.45, 7) is 6.88. The highest BCUT2D eigenvalue weighted by atomic mass is 16.4. The zero-order chi connectivity index (χ0) is 23.5. The highest BCUT2D eigenvalue weighted by molar-refractivity contribution is 5.84. The molecule has 6 nitrogen and oxygen atoms in total. The van der Waals surface area contributed by atoms with Gasteiger partial charge >= 0.3 is 5.76 Å². The first kappa shape index (κ1) is 22.7. The second-order valence-corrected chi connectivity index (χ2v) is 9.78. The van der Waals surface area contributed by atoms with E-state index in [4.69, 9.17) is 4.42 Å². The molecule has 2 unspecified atom stereocenters. The van der Waals surface area contributed by atoms with E-state index in [1.165, 1.54) is 47.9 Å². The van der Waals surface area contributed by atoms with E-state index in [-0.39, 0.29) is 0 Å². The lowest BCUT2D eigenvalue weighted by Crippen LogP contribution is -2.31. The van der Waals surface area contributed by atoms with E-state index in [0.717, 1.165) is 36.6 Å². The minimum atomic E-state index is -0.400. The van der Waals surface area contributed by atoms with Gasteiger partial charge in [0.25, 0.3) is 0 Å². The van der Waals surface area contributed by atoms with E-state index in [2.05, 4.69) is 88.5 Å². The van der Waals surface area contributed by atoms with Crippen molar-refractivity contribution in [2.45, 2.75) is 32.2 Å². The first-order valence-corrected chi connectivity index (χ1v) is 12.3. The first-order chi connectivity index (χ1) is 16.5. The van der Waals surface area contributed by atoms with Crippen molar-refractivity contribution in [3.05, 3.63) is 93.9 Å². The summed E-state index contributed by atoms with van der Waals surface area (Å²) >= 11 is 0. The SMILES string of the molecule is CC(c1ccccc1)N(C)CC1CCN(CCc2c[nH]c3ccc(Cc4coc(=O)[nH]4)cc23)C1. The molecule has 0 bridgehead atoms. The number of hydrogen-bond acceptors (Lipinski definition) is 4. The molecule has 1 aliphatic heterocycles. The fourth-order valence-electron chi connectivity index (χ4n) is 5.26. The number of aromatic nitrogens is 2. The number of nitrogens with one attached hydrogen (secondary N) is 2. The van der Waals surface area contributed by atoms with Gasteiger partial charge in [0.2, 0.25) is 0 Å². The Balaban J connectivity index is 1.16. The van der Waals surface area contributed by atoms with Crippen LogP contribution in [0.15, 0.2) is 70.2 Å². The third kappa shape index (κ3) is 5.18. The lowest BCUT2D eigenvalue weighted by Gasteiger charge is -2.28. The summed E-state index contributed by atoms with van der Waals surface area (Å²) in [5.41, 5.74) is 5.88. The average Bonchev–Trinajstić information content (AvgIpc) is 3.58. The van der Waals surface area contributed by atoms with Gasteiger partial charge in [-0.25, -0.2) is 4.79 Å². The Bertz CT molecular complexity index is 1270. The zero-order valence-corrected chi connectivity index (χ0v) is 20.1. The average molecular weight is 459 g/mol. The predicted molar refractivity (Wildman–Crippen MR) is 136 cm³/mol. The van der Waals surface area contributed by atoms with Gasteiger partial charge in [-0.05, 0) is 68.1 Å². The standard InChI is InChI=1S/C28H34N4O2/c1-20(23-6-4-3-5-7-23)31(2)17-22-10-12-32(18-22)13-11-24-16-29-27-9-8-21(15-26(24)27)14-25-19-34-28(33)30-25/h3-9,15-16,19-20,22,29H,10-14,17-18H2,1-2H3,(H,30,33). The highest BCUT2D eigenvalue weighted by Crippen LogP contribution is 2.25. The molecule has 0 spiro atoms. The Hall–Kier alpha value is -3.09. The molecule has 178 valence electrons. The molecule has 2 aromatic carbocycles. The molecule has 3 heterocycles. The van der Waals surface area contributed by atoms with Crippen LogP contribution in [0, 0.1) is 5.92 Å². The lowest BCUT2D eigenvalue weighted by molar-refractivity contribution is 0.216. The molecule has 4 aromatic rings. The van der Waals surface area contributed by atoms with Crippen LogP contribution in [-0.4, -0.2) is 53.0 Å². The number of benzene rings is 2. The van der Waals surface area contributed by atoms with Crippen molar-refractivity contribution >= 4 is 10.9 Å². The van der Waals surface area contributed by atoms with E-state index >= 15 is 0 Å². The van der Waals surface area contributed by atoms with Crippen LogP contribution in [0.3, 0.4) is 0 Å². The van der Waals surface area contributed by atoms with Crippen LogP contribution in [0.2, 0.25) is 0 Å². The molecule has 2 N–H and O–H groups in total. The number of oxazole rings is 1. The topological polar surface area (TPSA) is 68.3 Å². The lowest BCUT2D eigenvalue weighted by atomic mass is 10.0. The quantitative estimate of drug-likeness (QED) is 0.385. The largest absolute Gasteiger partial charge is 0.416 e. The number of fused-ring (bicyclic) bond motifs is 1. The normalized spacial score (nSPS) is 17.7. The van der Waals surface area contributed by atoms with Gasteiger partial charge < -0.3 is 14.3 Å². The Morgan fingerprint density at radius 2 is 2.06 bits per heavy atom. The Morgan fingerprint density at radius 3 is 2.85 bits per heavy atom. The summed E-state index contributed by atoms with van der Waals surface area (Å²) in [6, 6.07) is 17.7. The molecule has 1 fully saturated rings. The maximum atomic E-state index is 11.3. The number of hydrogen-bond donors (Lipinski definition) is 2. The number of rotatable bonds is 9.